The van der Waals surface area contributed by atoms with Crippen LogP contribution < -0.4 is 9.84 Å². The Labute approximate surface area is 227 Å². The van der Waals surface area contributed by atoms with E-state index in [2.05, 4.69) is 24.3 Å². The zero-order chi connectivity index (χ0) is 27.0. The smallest absolute Gasteiger partial charge is 0.410 e. The number of fused-ring (bicyclic) bond motifs is 1. The fraction of sp³-hybridized carbons (Fsp3) is 0.400. The summed E-state index contributed by atoms with van der Waals surface area (Å²) in [5.74, 6) is 0.701. The molecule has 3 aromatic rings. The van der Waals surface area contributed by atoms with Gasteiger partial charge in [-0.05, 0) is 46.5 Å². The van der Waals surface area contributed by atoms with Crippen molar-refractivity contribution in [1.29, 1.82) is 0 Å². The van der Waals surface area contributed by atoms with Gasteiger partial charge in [0.05, 0.1) is 25.9 Å². The zero-order valence-corrected chi connectivity index (χ0v) is 21.8. The Morgan fingerprint density at radius 2 is 1.67 bits per heavy atom. The van der Waals surface area contributed by atoms with Crippen LogP contribution in [0.2, 0.25) is 0 Å². The van der Waals surface area contributed by atoms with E-state index >= 15 is 0 Å². The molecular weight excluding hydrogens is 500 g/mol. The van der Waals surface area contributed by atoms with E-state index in [9.17, 15) is 14.7 Å². The molecule has 2 aliphatic rings. The Kier molecular flexibility index (Phi) is 8.80. The molecule has 0 N–H and O–H groups in total. The van der Waals surface area contributed by atoms with Crippen molar-refractivity contribution in [1.82, 2.24) is 9.80 Å². The number of carbonyl (C=O) groups is 2. The summed E-state index contributed by atoms with van der Waals surface area (Å²) in [6.45, 7) is 3.58. The molecule has 5 rings (SSSR count). The van der Waals surface area contributed by atoms with Crippen LogP contribution in [0.1, 0.15) is 23.5 Å². The van der Waals surface area contributed by atoms with Crippen molar-refractivity contribution in [3.8, 4) is 5.75 Å². The van der Waals surface area contributed by atoms with Gasteiger partial charge in [0.25, 0.3) is 0 Å². The summed E-state index contributed by atoms with van der Waals surface area (Å²) < 4.78 is 22.6. The Morgan fingerprint density at radius 1 is 0.897 bits per heavy atom. The molecule has 2 fully saturated rings. The molecule has 2 saturated heterocycles. The predicted molar refractivity (Wildman–Crippen MR) is 143 cm³/mol. The van der Waals surface area contributed by atoms with E-state index in [1.807, 2.05) is 42.5 Å². The first-order valence-electron chi connectivity index (χ1n) is 13.3. The highest BCUT2D eigenvalue weighted by Gasteiger charge is 2.31. The van der Waals surface area contributed by atoms with Crippen LogP contribution in [0.4, 0.5) is 9.59 Å². The van der Waals surface area contributed by atoms with Gasteiger partial charge < -0.3 is 38.6 Å². The van der Waals surface area contributed by atoms with Crippen molar-refractivity contribution in [3.05, 3.63) is 77.9 Å². The maximum atomic E-state index is 12.1. The Hall–Kier alpha value is -3.82. The molecule has 0 aromatic heterocycles. The van der Waals surface area contributed by atoms with Crippen molar-refractivity contribution in [2.24, 2.45) is 0 Å². The number of amides is 2. The third-order valence-electron chi connectivity index (χ3n) is 7.25. The molecule has 2 atom stereocenters. The average Bonchev–Trinajstić information content (AvgIpc) is 2.98. The van der Waals surface area contributed by atoms with Crippen LogP contribution in [0.25, 0.3) is 10.8 Å². The van der Waals surface area contributed by atoms with E-state index in [4.69, 9.17) is 18.9 Å². The van der Waals surface area contributed by atoms with Crippen LogP contribution in [0.5, 0.6) is 5.75 Å². The molecular formula is C30H33N2O7-. The fourth-order valence-corrected chi connectivity index (χ4v) is 5.10. The van der Waals surface area contributed by atoms with Gasteiger partial charge >= 0.3 is 6.09 Å². The van der Waals surface area contributed by atoms with Gasteiger partial charge in [0, 0.05) is 32.1 Å². The maximum absolute atomic E-state index is 12.1. The van der Waals surface area contributed by atoms with Gasteiger partial charge in [-0.15, -0.1) is 0 Å². The second-order valence-electron chi connectivity index (χ2n) is 9.77. The number of morpholine rings is 1. The van der Waals surface area contributed by atoms with Crippen LogP contribution in [-0.2, 0) is 20.8 Å². The summed E-state index contributed by atoms with van der Waals surface area (Å²) >= 11 is 0. The Morgan fingerprint density at radius 3 is 2.44 bits per heavy atom. The summed E-state index contributed by atoms with van der Waals surface area (Å²) in [6.07, 6.45) is -1.20. The first-order valence-corrected chi connectivity index (χ1v) is 13.3. The van der Waals surface area contributed by atoms with E-state index in [0.717, 1.165) is 21.9 Å². The summed E-state index contributed by atoms with van der Waals surface area (Å²) in [7, 11) is 0. The third kappa shape index (κ3) is 6.99. The van der Waals surface area contributed by atoms with Gasteiger partial charge in [0.2, 0.25) is 0 Å². The molecule has 0 radical (unpaired) electrons. The topological polar surface area (TPSA) is 101 Å². The third-order valence-corrected chi connectivity index (χ3v) is 7.25. The molecule has 2 heterocycles. The second kappa shape index (κ2) is 12.8. The van der Waals surface area contributed by atoms with Gasteiger partial charge in [-0.2, -0.15) is 0 Å². The molecule has 206 valence electrons. The molecule has 0 spiro atoms. The minimum Gasteiger partial charge on any atom is -0.530 e. The molecule has 0 aliphatic carbocycles. The molecule has 2 amide bonds. The zero-order valence-electron chi connectivity index (χ0n) is 21.8. The molecule has 9 nitrogen and oxygen atoms in total. The van der Waals surface area contributed by atoms with Gasteiger partial charge in [-0.25, -0.2) is 4.79 Å². The standard InChI is InChI=1S/C30H34N2O7/c33-29(34)32-12-11-27(28(20-32)39-21-22-5-6-23-3-1-2-4-25(23)19-22)24-7-9-26(10-8-24)37-17-18-38-30(35)31-13-15-36-16-14-31/h1-10,19,27-28H,11-18,20-21H2,(H,33,34)/p-1. The van der Waals surface area contributed by atoms with Crippen LogP contribution in [0.3, 0.4) is 0 Å². The number of piperidine rings is 1. The van der Waals surface area contributed by atoms with Crippen molar-refractivity contribution in [3.63, 3.8) is 0 Å². The summed E-state index contributed by atoms with van der Waals surface area (Å²) in [6, 6.07) is 22.1. The maximum Gasteiger partial charge on any atom is 0.410 e. The number of nitrogens with zero attached hydrogens (tertiary/aromatic N) is 2. The summed E-state index contributed by atoms with van der Waals surface area (Å²) in [5.41, 5.74) is 2.10. The van der Waals surface area contributed by atoms with Crippen molar-refractivity contribution >= 4 is 23.0 Å². The van der Waals surface area contributed by atoms with E-state index in [0.29, 0.717) is 51.6 Å². The minimum atomic E-state index is -1.18. The molecule has 0 saturated carbocycles. The van der Waals surface area contributed by atoms with E-state index in [-0.39, 0.29) is 37.9 Å². The second-order valence-corrected chi connectivity index (χ2v) is 9.77. The number of hydrogen-bond acceptors (Lipinski definition) is 7. The lowest BCUT2D eigenvalue weighted by atomic mass is 9.87. The lowest BCUT2D eigenvalue weighted by molar-refractivity contribution is -0.268. The lowest BCUT2D eigenvalue weighted by Gasteiger charge is -2.40. The quantitative estimate of drug-likeness (QED) is 0.409. The highest BCUT2D eigenvalue weighted by molar-refractivity contribution is 5.82. The van der Waals surface area contributed by atoms with E-state index in [1.165, 1.54) is 4.90 Å². The fourth-order valence-electron chi connectivity index (χ4n) is 5.10. The molecule has 2 aliphatic heterocycles. The Balaban J connectivity index is 1.16. The first-order chi connectivity index (χ1) is 19.1. The van der Waals surface area contributed by atoms with Gasteiger partial charge in [-0.3, -0.25) is 0 Å². The SMILES string of the molecule is O=C([O-])N1CCC(c2ccc(OCCOC(=O)N3CCOCC3)cc2)C(OCc2ccc3ccccc3c2)C1. The minimum absolute atomic E-state index is 0.0320. The number of ether oxygens (including phenoxy) is 4. The van der Waals surface area contributed by atoms with Crippen LogP contribution in [0, 0.1) is 0 Å². The number of carboxylic acid groups (broad SMARTS) is 1. The monoisotopic (exact) mass is 533 g/mol. The largest absolute Gasteiger partial charge is 0.530 e. The average molecular weight is 534 g/mol. The lowest BCUT2D eigenvalue weighted by Crippen LogP contribution is -2.51. The number of hydrogen-bond donors (Lipinski definition) is 0. The first kappa shape index (κ1) is 26.8. The predicted octanol–water partition coefficient (Wildman–Crippen LogP) is 3.41. The van der Waals surface area contributed by atoms with Crippen molar-refractivity contribution in [2.45, 2.75) is 25.0 Å². The van der Waals surface area contributed by atoms with Crippen LogP contribution in [0.15, 0.2) is 66.7 Å². The van der Waals surface area contributed by atoms with E-state index < -0.39 is 6.09 Å². The highest BCUT2D eigenvalue weighted by Crippen LogP contribution is 2.32. The molecule has 9 heteroatoms. The molecule has 0 bridgehead atoms. The van der Waals surface area contributed by atoms with Crippen LogP contribution >= 0.6 is 0 Å². The van der Waals surface area contributed by atoms with Crippen LogP contribution in [-0.4, -0.2) is 80.7 Å². The number of rotatable bonds is 8. The van der Waals surface area contributed by atoms with E-state index in [1.54, 1.807) is 4.90 Å². The Bertz CT molecular complexity index is 1260. The van der Waals surface area contributed by atoms with Crippen molar-refractivity contribution in [2.75, 3.05) is 52.6 Å². The molecule has 2 unspecified atom stereocenters. The van der Waals surface area contributed by atoms with Crippen molar-refractivity contribution < 1.29 is 33.6 Å². The van der Waals surface area contributed by atoms with Gasteiger partial charge in [0.15, 0.2) is 0 Å². The summed E-state index contributed by atoms with van der Waals surface area (Å²) in [4.78, 5) is 26.6. The normalized spacial score (nSPS) is 19.6. The molecule has 3 aromatic carbocycles. The number of carbonyl (C=O) groups excluding carboxylic acids is 2. The number of likely N-dealkylation sites (tertiary alicyclic amines) is 1. The highest BCUT2D eigenvalue weighted by atomic mass is 16.6. The van der Waals surface area contributed by atoms with Gasteiger partial charge in [-0.1, -0.05) is 48.5 Å². The molecule has 39 heavy (non-hydrogen) atoms. The summed E-state index contributed by atoms with van der Waals surface area (Å²) in [5, 5.41) is 13.9. The number of benzene rings is 3. The van der Waals surface area contributed by atoms with Gasteiger partial charge in [0.1, 0.15) is 25.1 Å².